The fourth-order valence-corrected chi connectivity index (χ4v) is 8.57. The van der Waals surface area contributed by atoms with Gasteiger partial charge in [0.1, 0.15) is 0 Å². The molecule has 174 valence electrons. The summed E-state index contributed by atoms with van der Waals surface area (Å²) in [5.74, 6) is 2.80. The van der Waals surface area contributed by atoms with E-state index < -0.39 is 0 Å². The minimum absolute atomic E-state index is 0.178. The summed E-state index contributed by atoms with van der Waals surface area (Å²) >= 11 is 0. The van der Waals surface area contributed by atoms with Crippen LogP contribution in [0, 0.1) is 29.1 Å². The first-order chi connectivity index (χ1) is 16.1. The van der Waals surface area contributed by atoms with Gasteiger partial charge in [-0.1, -0.05) is 60.7 Å². The zero-order valence-electron chi connectivity index (χ0n) is 19.7. The molecule has 3 N–H and O–H groups in total. The predicted octanol–water partition coefficient (Wildman–Crippen LogP) is 5.24. The molecule has 0 aromatic heterocycles. The number of hydrogen-bond donors (Lipinski definition) is 2. The number of amides is 1. The van der Waals surface area contributed by atoms with Crippen molar-refractivity contribution < 1.29 is 4.79 Å². The second kappa shape index (κ2) is 8.27. The summed E-state index contributed by atoms with van der Waals surface area (Å²) in [7, 11) is 0. The van der Waals surface area contributed by atoms with E-state index in [1.165, 1.54) is 24.0 Å². The van der Waals surface area contributed by atoms with Crippen molar-refractivity contribution in [3.8, 4) is 0 Å². The van der Waals surface area contributed by atoms with Crippen molar-refractivity contribution in [1.29, 1.82) is 0 Å². The van der Waals surface area contributed by atoms with Crippen molar-refractivity contribution in [3.05, 3.63) is 71.8 Å². The maximum Gasteiger partial charge on any atom is 0.226 e. The summed E-state index contributed by atoms with van der Waals surface area (Å²) in [6, 6.07) is 22.4. The SMILES string of the molecule is NCC1CCC(NC(=O)C23CC4CC(c5ccccc5)(CC2C4Cc2ccccc2)C3)CC1. The van der Waals surface area contributed by atoms with Crippen LogP contribution in [-0.2, 0) is 16.6 Å². The quantitative estimate of drug-likeness (QED) is 0.643. The van der Waals surface area contributed by atoms with Gasteiger partial charge in [0.2, 0.25) is 5.91 Å². The molecule has 0 radical (unpaired) electrons. The first-order valence-corrected chi connectivity index (χ1v) is 13.2. The standard InChI is InChI=1S/C30H38N2O/c31-19-22-11-13-25(14-12-22)32-28(33)30-17-23-16-29(20-30,24-9-5-2-6-10-24)18-27(30)26(23)15-21-7-3-1-4-8-21/h1-10,22-23,25-27H,11-20,31H2,(H,32,33). The van der Waals surface area contributed by atoms with E-state index in [0.29, 0.717) is 35.6 Å². The molecule has 2 aromatic rings. The van der Waals surface area contributed by atoms with E-state index in [-0.39, 0.29) is 10.8 Å². The second-order valence-corrected chi connectivity index (χ2v) is 11.7. The van der Waals surface area contributed by atoms with Gasteiger partial charge < -0.3 is 11.1 Å². The van der Waals surface area contributed by atoms with Crippen LogP contribution in [0.5, 0.6) is 0 Å². The smallest absolute Gasteiger partial charge is 0.226 e. The Kier molecular flexibility index (Phi) is 5.36. The van der Waals surface area contributed by atoms with Crippen molar-refractivity contribution in [3.63, 3.8) is 0 Å². The third-order valence-corrected chi connectivity index (χ3v) is 10.0. The van der Waals surface area contributed by atoms with Gasteiger partial charge in [-0.25, -0.2) is 0 Å². The molecule has 5 aliphatic rings. The van der Waals surface area contributed by atoms with Crippen molar-refractivity contribution >= 4 is 5.91 Å². The number of rotatable bonds is 6. The maximum atomic E-state index is 14.1. The molecule has 7 rings (SSSR count). The Morgan fingerprint density at radius 1 is 0.909 bits per heavy atom. The van der Waals surface area contributed by atoms with Gasteiger partial charge in [0.25, 0.3) is 0 Å². The van der Waals surface area contributed by atoms with Gasteiger partial charge in [0.15, 0.2) is 0 Å². The van der Waals surface area contributed by atoms with Gasteiger partial charge in [-0.15, -0.1) is 0 Å². The fourth-order valence-electron chi connectivity index (χ4n) is 8.57. The van der Waals surface area contributed by atoms with E-state index in [1.807, 2.05) is 0 Å². The number of hydrogen-bond acceptors (Lipinski definition) is 2. The maximum absolute atomic E-state index is 14.1. The van der Waals surface area contributed by atoms with Gasteiger partial charge >= 0.3 is 0 Å². The summed E-state index contributed by atoms with van der Waals surface area (Å²) in [6.45, 7) is 0.787. The zero-order chi connectivity index (χ0) is 22.5. The Balaban J connectivity index is 1.28. The molecule has 1 amide bonds. The van der Waals surface area contributed by atoms with Crippen LogP contribution in [0.25, 0.3) is 0 Å². The van der Waals surface area contributed by atoms with Gasteiger partial charge in [-0.3, -0.25) is 4.79 Å². The van der Waals surface area contributed by atoms with Crippen molar-refractivity contribution in [2.75, 3.05) is 6.54 Å². The molecule has 2 aromatic carbocycles. The number of nitrogens with one attached hydrogen (secondary N) is 1. The van der Waals surface area contributed by atoms with E-state index in [2.05, 4.69) is 66.0 Å². The molecule has 0 spiro atoms. The number of carbonyl (C=O) groups excluding carboxylic acids is 1. The van der Waals surface area contributed by atoms with E-state index >= 15 is 0 Å². The van der Waals surface area contributed by atoms with Crippen LogP contribution in [-0.4, -0.2) is 18.5 Å². The molecule has 33 heavy (non-hydrogen) atoms. The van der Waals surface area contributed by atoms with Gasteiger partial charge in [0, 0.05) is 6.04 Å². The Hall–Kier alpha value is -2.13. The molecule has 0 heterocycles. The number of benzene rings is 2. The summed E-state index contributed by atoms with van der Waals surface area (Å²) in [5, 5.41) is 3.58. The monoisotopic (exact) mass is 442 g/mol. The van der Waals surface area contributed by atoms with E-state index in [4.69, 9.17) is 5.73 Å². The largest absolute Gasteiger partial charge is 0.353 e. The first kappa shape index (κ1) is 21.4. The van der Waals surface area contributed by atoms with Gasteiger partial charge in [0.05, 0.1) is 5.41 Å². The van der Waals surface area contributed by atoms with Crippen molar-refractivity contribution in [2.45, 2.75) is 69.2 Å². The third-order valence-electron chi connectivity index (χ3n) is 10.0. The van der Waals surface area contributed by atoms with Crippen LogP contribution >= 0.6 is 0 Å². The topological polar surface area (TPSA) is 55.1 Å². The molecular formula is C30H38N2O. The molecule has 0 aliphatic heterocycles. The molecule has 5 unspecified atom stereocenters. The van der Waals surface area contributed by atoms with Gasteiger partial charge in [-0.2, -0.15) is 0 Å². The molecule has 0 saturated heterocycles. The molecule has 3 nitrogen and oxygen atoms in total. The number of nitrogens with two attached hydrogens (primary N) is 1. The lowest BCUT2D eigenvalue weighted by Crippen LogP contribution is -2.48. The summed E-state index contributed by atoms with van der Waals surface area (Å²) in [5.41, 5.74) is 8.81. The highest BCUT2D eigenvalue weighted by atomic mass is 16.2. The van der Waals surface area contributed by atoms with Crippen LogP contribution in [0.1, 0.15) is 62.5 Å². The van der Waals surface area contributed by atoms with Crippen molar-refractivity contribution in [2.24, 2.45) is 34.8 Å². The van der Waals surface area contributed by atoms with E-state index in [1.54, 1.807) is 0 Å². The van der Waals surface area contributed by atoms with Crippen LogP contribution < -0.4 is 11.1 Å². The predicted molar refractivity (Wildman–Crippen MR) is 133 cm³/mol. The Bertz CT molecular complexity index is 983. The lowest BCUT2D eigenvalue weighted by molar-refractivity contribution is -0.134. The summed E-state index contributed by atoms with van der Waals surface area (Å²) < 4.78 is 0. The van der Waals surface area contributed by atoms with Crippen LogP contribution in [0.3, 0.4) is 0 Å². The average molecular weight is 443 g/mol. The summed E-state index contributed by atoms with van der Waals surface area (Å²) in [6.07, 6.45) is 10.2. The Labute approximate surface area is 198 Å². The fraction of sp³-hybridized carbons (Fsp3) is 0.567. The molecule has 4 bridgehead atoms. The first-order valence-electron chi connectivity index (χ1n) is 13.2. The normalized spacial score (nSPS) is 39.0. The average Bonchev–Trinajstić information content (AvgIpc) is 3.23. The highest BCUT2D eigenvalue weighted by Crippen LogP contribution is 2.73. The molecule has 5 fully saturated rings. The lowest BCUT2D eigenvalue weighted by Gasteiger charge is -2.43. The Morgan fingerprint density at radius 2 is 1.61 bits per heavy atom. The number of carbonyl (C=O) groups is 1. The molecular weight excluding hydrogens is 404 g/mol. The van der Waals surface area contributed by atoms with Crippen LogP contribution in [0.2, 0.25) is 0 Å². The highest BCUT2D eigenvalue weighted by Gasteiger charge is 2.70. The minimum Gasteiger partial charge on any atom is -0.353 e. The molecule has 5 atom stereocenters. The zero-order valence-corrected chi connectivity index (χ0v) is 19.7. The molecule has 5 aliphatic carbocycles. The highest BCUT2D eigenvalue weighted by molar-refractivity contribution is 5.85. The third kappa shape index (κ3) is 3.55. The van der Waals surface area contributed by atoms with E-state index in [0.717, 1.165) is 51.5 Å². The summed E-state index contributed by atoms with van der Waals surface area (Å²) in [4.78, 5) is 14.1. The lowest BCUT2D eigenvalue weighted by atomic mass is 9.61. The van der Waals surface area contributed by atoms with Crippen molar-refractivity contribution in [1.82, 2.24) is 5.32 Å². The Morgan fingerprint density at radius 3 is 2.30 bits per heavy atom. The van der Waals surface area contributed by atoms with Crippen LogP contribution in [0.4, 0.5) is 0 Å². The van der Waals surface area contributed by atoms with Gasteiger partial charge in [-0.05, 0) is 105 Å². The molecule has 3 heteroatoms. The minimum atomic E-state index is -0.178. The van der Waals surface area contributed by atoms with E-state index in [9.17, 15) is 4.79 Å². The molecule has 5 saturated carbocycles. The van der Waals surface area contributed by atoms with Crippen LogP contribution in [0.15, 0.2) is 60.7 Å². The second-order valence-electron chi connectivity index (χ2n) is 11.7.